The van der Waals surface area contributed by atoms with Crippen molar-refractivity contribution in [2.24, 2.45) is 7.05 Å². The average molecular weight is 454 g/mol. The van der Waals surface area contributed by atoms with Crippen molar-refractivity contribution in [3.8, 4) is 11.5 Å². The number of aryl methyl sites for hydroxylation is 2. The molecule has 0 aliphatic carbocycles. The third-order valence-corrected chi connectivity index (χ3v) is 5.76. The number of anilines is 1. The molecule has 0 aliphatic heterocycles. The fourth-order valence-electron chi connectivity index (χ4n) is 4.17. The van der Waals surface area contributed by atoms with E-state index in [1.54, 1.807) is 41.2 Å². The van der Waals surface area contributed by atoms with Gasteiger partial charge in [-0.25, -0.2) is 4.79 Å². The van der Waals surface area contributed by atoms with Gasteiger partial charge in [-0.2, -0.15) is 5.10 Å². The maximum Gasteiger partial charge on any atom is 0.337 e. The van der Waals surface area contributed by atoms with Crippen LogP contribution in [0.2, 0.25) is 0 Å². The SMILES string of the molecule is Cc1cc(C(C)Nc2ccccc2C(=O)O)c2oc(-c3cc4cn(C)nc4cn3)cc(=O)c2c1. The summed E-state index contributed by atoms with van der Waals surface area (Å²) in [4.78, 5) is 29.1. The lowest BCUT2D eigenvalue weighted by Gasteiger charge is -2.19. The van der Waals surface area contributed by atoms with Gasteiger partial charge in [0.25, 0.3) is 0 Å². The molecule has 8 nitrogen and oxygen atoms in total. The van der Waals surface area contributed by atoms with Gasteiger partial charge in [0, 0.05) is 35.9 Å². The number of fused-ring (bicyclic) bond motifs is 2. The second-order valence-electron chi connectivity index (χ2n) is 8.35. The lowest BCUT2D eigenvalue weighted by molar-refractivity contribution is 0.0698. The van der Waals surface area contributed by atoms with Crippen molar-refractivity contribution in [2.45, 2.75) is 19.9 Å². The van der Waals surface area contributed by atoms with Gasteiger partial charge < -0.3 is 14.8 Å². The first-order chi connectivity index (χ1) is 16.3. The summed E-state index contributed by atoms with van der Waals surface area (Å²) in [5.41, 5.74) is 3.85. The molecule has 5 rings (SSSR count). The van der Waals surface area contributed by atoms with Crippen molar-refractivity contribution in [3.63, 3.8) is 0 Å². The maximum atomic E-state index is 13.1. The van der Waals surface area contributed by atoms with Crippen LogP contribution in [-0.2, 0) is 7.05 Å². The number of hydrogen-bond acceptors (Lipinski definition) is 6. The van der Waals surface area contributed by atoms with Gasteiger partial charge in [-0.3, -0.25) is 14.5 Å². The van der Waals surface area contributed by atoms with E-state index in [1.165, 1.54) is 6.07 Å². The molecule has 2 N–H and O–H groups in total. The normalized spacial score (nSPS) is 12.2. The Hall–Kier alpha value is -4.46. The Bertz CT molecular complexity index is 1630. The largest absolute Gasteiger partial charge is 0.478 e. The van der Waals surface area contributed by atoms with Gasteiger partial charge in [-0.1, -0.05) is 18.2 Å². The Morgan fingerprint density at radius 1 is 1.18 bits per heavy atom. The topological polar surface area (TPSA) is 110 Å². The first kappa shape index (κ1) is 21.4. The molecule has 1 atom stereocenters. The Labute approximate surface area is 194 Å². The van der Waals surface area contributed by atoms with Crippen molar-refractivity contribution in [3.05, 3.63) is 87.8 Å². The van der Waals surface area contributed by atoms with E-state index in [2.05, 4.69) is 15.4 Å². The van der Waals surface area contributed by atoms with E-state index in [0.29, 0.717) is 28.1 Å². The van der Waals surface area contributed by atoms with Crippen LogP contribution in [0.15, 0.2) is 70.1 Å². The smallest absolute Gasteiger partial charge is 0.337 e. The molecule has 0 radical (unpaired) electrons. The van der Waals surface area contributed by atoms with Gasteiger partial charge in [0.15, 0.2) is 11.2 Å². The fraction of sp³-hybridized carbons (Fsp3) is 0.154. The highest BCUT2D eigenvalue weighted by Crippen LogP contribution is 2.31. The second-order valence-corrected chi connectivity index (χ2v) is 8.35. The highest BCUT2D eigenvalue weighted by molar-refractivity contribution is 5.94. The minimum Gasteiger partial charge on any atom is -0.478 e. The number of carboxylic acids is 1. The van der Waals surface area contributed by atoms with E-state index in [1.807, 2.05) is 39.2 Å². The van der Waals surface area contributed by atoms with Gasteiger partial charge in [0.05, 0.1) is 23.2 Å². The zero-order valence-corrected chi connectivity index (χ0v) is 18.9. The molecule has 0 aliphatic rings. The molecule has 0 saturated heterocycles. The number of nitrogens with zero attached hydrogens (tertiary/aromatic N) is 3. The minimum absolute atomic E-state index is 0.169. The van der Waals surface area contributed by atoms with Crippen LogP contribution in [0.1, 0.15) is 34.5 Å². The maximum absolute atomic E-state index is 13.1. The highest BCUT2D eigenvalue weighted by Gasteiger charge is 2.19. The highest BCUT2D eigenvalue weighted by atomic mass is 16.4. The van der Waals surface area contributed by atoms with Crippen molar-refractivity contribution >= 4 is 33.5 Å². The van der Waals surface area contributed by atoms with E-state index in [4.69, 9.17) is 4.42 Å². The third-order valence-electron chi connectivity index (χ3n) is 5.76. The standard InChI is InChI=1S/C26H22N4O4/c1-14-8-18(15(2)28-20-7-5-4-6-17(20)26(32)33)25-19(9-14)23(31)11-24(34-25)21-10-16-13-30(3)29-22(16)12-27-21/h4-13,15,28H,1-3H3,(H,32,33). The molecule has 3 aromatic heterocycles. The average Bonchev–Trinajstić information content (AvgIpc) is 3.18. The van der Waals surface area contributed by atoms with E-state index >= 15 is 0 Å². The van der Waals surface area contributed by atoms with Crippen molar-refractivity contribution in [2.75, 3.05) is 5.32 Å². The van der Waals surface area contributed by atoms with Crippen LogP contribution in [0.25, 0.3) is 33.3 Å². The molecule has 0 saturated carbocycles. The van der Waals surface area contributed by atoms with Crippen LogP contribution in [0.4, 0.5) is 5.69 Å². The Morgan fingerprint density at radius 3 is 2.76 bits per heavy atom. The number of carboxylic acid groups (broad SMARTS) is 1. The van der Waals surface area contributed by atoms with Crippen LogP contribution in [-0.4, -0.2) is 25.8 Å². The first-order valence-electron chi connectivity index (χ1n) is 10.8. The summed E-state index contributed by atoms with van der Waals surface area (Å²) in [7, 11) is 1.83. The molecule has 34 heavy (non-hydrogen) atoms. The van der Waals surface area contributed by atoms with Crippen LogP contribution in [0.5, 0.6) is 0 Å². The summed E-state index contributed by atoms with van der Waals surface area (Å²) in [5.74, 6) is -0.665. The summed E-state index contributed by atoms with van der Waals surface area (Å²) in [5, 5.41) is 18.5. The summed E-state index contributed by atoms with van der Waals surface area (Å²) >= 11 is 0. The quantitative estimate of drug-likeness (QED) is 0.388. The van der Waals surface area contributed by atoms with E-state index in [9.17, 15) is 14.7 Å². The molecule has 5 aromatic rings. The number of nitrogens with one attached hydrogen (secondary N) is 1. The molecular formula is C26H22N4O4. The van der Waals surface area contributed by atoms with E-state index < -0.39 is 5.97 Å². The van der Waals surface area contributed by atoms with Crippen LogP contribution < -0.4 is 10.7 Å². The summed E-state index contributed by atoms with van der Waals surface area (Å²) in [6.07, 6.45) is 3.53. The lowest BCUT2D eigenvalue weighted by Crippen LogP contribution is -2.12. The van der Waals surface area contributed by atoms with Crippen LogP contribution in [0.3, 0.4) is 0 Å². The summed E-state index contributed by atoms with van der Waals surface area (Å²) in [6.45, 7) is 3.81. The molecule has 0 amide bonds. The summed E-state index contributed by atoms with van der Waals surface area (Å²) in [6, 6.07) is 13.4. The number of pyridine rings is 1. The molecule has 170 valence electrons. The van der Waals surface area contributed by atoms with Crippen molar-refractivity contribution in [1.82, 2.24) is 14.8 Å². The number of para-hydroxylation sites is 1. The monoisotopic (exact) mass is 454 g/mol. The van der Waals surface area contributed by atoms with Crippen LogP contribution in [0, 0.1) is 6.92 Å². The van der Waals surface area contributed by atoms with Crippen molar-refractivity contribution < 1.29 is 14.3 Å². The van der Waals surface area contributed by atoms with E-state index in [0.717, 1.165) is 22.0 Å². The van der Waals surface area contributed by atoms with Gasteiger partial charge in [-0.15, -0.1) is 0 Å². The molecular weight excluding hydrogens is 432 g/mol. The second kappa shape index (κ2) is 8.15. The van der Waals surface area contributed by atoms with Crippen molar-refractivity contribution in [1.29, 1.82) is 0 Å². The molecule has 0 fully saturated rings. The molecule has 0 spiro atoms. The molecule has 1 unspecified atom stereocenters. The predicted octanol–water partition coefficient (Wildman–Crippen LogP) is 4.92. The number of carbonyl (C=O) groups is 1. The Morgan fingerprint density at radius 2 is 1.97 bits per heavy atom. The minimum atomic E-state index is -1.02. The van der Waals surface area contributed by atoms with Gasteiger partial charge in [0.2, 0.25) is 0 Å². The van der Waals surface area contributed by atoms with Gasteiger partial charge in [-0.05, 0) is 43.7 Å². The van der Waals surface area contributed by atoms with Gasteiger partial charge >= 0.3 is 5.97 Å². The first-order valence-corrected chi connectivity index (χ1v) is 10.8. The predicted molar refractivity (Wildman–Crippen MR) is 130 cm³/mol. The number of rotatable bonds is 5. The molecule has 0 bridgehead atoms. The number of aromatic nitrogens is 3. The zero-order chi connectivity index (χ0) is 24.0. The lowest BCUT2D eigenvalue weighted by atomic mass is 10.0. The zero-order valence-electron chi connectivity index (χ0n) is 18.9. The third kappa shape index (κ3) is 3.79. The molecule has 2 aromatic carbocycles. The summed E-state index contributed by atoms with van der Waals surface area (Å²) < 4.78 is 7.97. The number of hydrogen-bond donors (Lipinski definition) is 2. The fourth-order valence-corrected chi connectivity index (χ4v) is 4.17. The molecule has 3 heterocycles. The van der Waals surface area contributed by atoms with Gasteiger partial charge in [0.1, 0.15) is 16.8 Å². The number of benzene rings is 2. The number of aromatic carboxylic acids is 1. The molecule has 8 heteroatoms. The van der Waals surface area contributed by atoms with E-state index in [-0.39, 0.29) is 17.0 Å². The Kier molecular flexibility index (Phi) is 5.13. The Balaban J connectivity index is 1.64. The van der Waals surface area contributed by atoms with Crippen LogP contribution >= 0.6 is 0 Å².